The number of ether oxygens (including phenoxy) is 2. The molecule has 0 radical (unpaired) electrons. The van der Waals surface area contributed by atoms with Crippen LogP contribution in [0.15, 0.2) is 0 Å². The minimum absolute atomic E-state index is 0.0869. The smallest absolute Gasteiger partial charge is 0.358 e. The highest BCUT2D eigenvalue weighted by molar-refractivity contribution is 7.17. The first-order valence-corrected chi connectivity index (χ1v) is 7.64. The maximum absolute atomic E-state index is 11.7. The van der Waals surface area contributed by atoms with Gasteiger partial charge in [0, 0.05) is 19.6 Å². The molecule has 0 aliphatic carbocycles. The van der Waals surface area contributed by atoms with Crippen LogP contribution in [-0.2, 0) is 9.47 Å². The van der Waals surface area contributed by atoms with Gasteiger partial charge in [0.1, 0.15) is 4.88 Å². The van der Waals surface area contributed by atoms with Gasteiger partial charge in [0.15, 0.2) is 16.6 Å². The minimum atomic E-state index is -0.586. The molecule has 1 unspecified atom stereocenters. The van der Waals surface area contributed by atoms with Crippen molar-refractivity contribution in [1.82, 2.24) is 4.98 Å². The van der Waals surface area contributed by atoms with Crippen LogP contribution in [0.4, 0.5) is 5.13 Å². The standard InChI is InChI=1S/C14H20N2O4S/c1-8(17)11-10(12(18)19-4)16-13(21-11)15-9-5-6-20-14(2,3)7-9/h9H,5-7H2,1-4H3,(H,15,16). The first-order chi connectivity index (χ1) is 9.82. The average molecular weight is 312 g/mol. The van der Waals surface area contributed by atoms with Crippen LogP contribution in [0.25, 0.3) is 0 Å². The number of Topliss-reactive ketones (excluding diaryl/α,β-unsaturated/α-hetero) is 1. The van der Waals surface area contributed by atoms with Gasteiger partial charge in [-0.1, -0.05) is 11.3 Å². The molecule has 6 nitrogen and oxygen atoms in total. The number of methoxy groups -OCH3 is 1. The Hall–Kier alpha value is -1.47. The number of hydrogen-bond donors (Lipinski definition) is 1. The number of anilines is 1. The summed E-state index contributed by atoms with van der Waals surface area (Å²) in [5.41, 5.74) is -0.0919. The third-order valence-corrected chi connectivity index (χ3v) is 4.44. The van der Waals surface area contributed by atoms with Crippen LogP contribution in [0.5, 0.6) is 0 Å². The van der Waals surface area contributed by atoms with E-state index < -0.39 is 5.97 Å². The summed E-state index contributed by atoms with van der Waals surface area (Å²) in [5, 5.41) is 3.87. The molecular formula is C14H20N2O4S. The maximum Gasteiger partial charge on any atom is 0.358 e. The molecule has 1 aromatic heterocycles. The van der Waals surface area contributed by atoms with Gasteiger partial charge in [-0.25, -0.2) is 9.78 Å². The number of hydrogen-bond acceptors (Lipinski definition) is 7. The number of nitrogens with one attached hydrogen (secondary N) is 1. The van der Waals surface area contributed by atoms with E-state index in [1.54, 1.807) is 0 Å². The van der Waals surface area contributed by atoms with E-state index in [4.69, 9.17) is 4.74 Å². The molecule has 0 amide bonds. The number of nitrogens with zero attached hydrogens (tertiary/aromatic N) is 1. The van der Waals surface area contributed by atoms with E-state index in [1.165, 1.54) is 25.4 Å². The number of esters is 1. The largest absolute Gasteiger partial charge is 0.464 e. The second-order valence-corrected chi connectivity index (χ2v) is 6.69. The van der Waals surface area contributed by atoms with Crippen molar-refractivity contribution in [1.29, 1.82) is 0 Å². The van der Waals surface area contributed by atoms with E-state index >= 15 is 0 Å². The molecule has 1 saturated heterocycles. The Morgan fingerprint density at radius 2 is 2.19 bits per heavy atom. The van der Waals surface area contributed by atoms with Crippen molar-refractivity contribution in [3.8, 4) is 0 Å². The normalized spacial score (nSPS) is 20.9. The lowest BCUT2D eigenvalue weighted by Crippen LogP contribution is -2.40. The zero-order valence-corrected chi connectivity index (χ0v) is 13.5. The number of thiazole rings is 1. The van der Waals surface area contributed by atoms with Crippen LogP contribution < -0.4 is 5.32 Å². The summed E-state index contributed by atoms with van der Waals surface area (Å²) in [6, 6.07) is 0.213. The lowest BCUT2D eigenvalue weighted by Gasteiger charge is -2.35. The Balaban J connectivity index is 2.17. The molecular weight excluding hydrogens is 292 g/mol. The van der Waals surface area contributed by atoms with Crippen molar-refractivity contribution < 1.29 is 19.1 Å². The molecule has 1 N–H and O–H groups in total. The molecule has 1 aliphatic rings. The monoisotopic (exact) mass is 312 g/mol. The zero-order chi connectivity index (χ0) is 15.6. The molecule has 0 spiro atoms. The van der Waals surface area contributed by atoms with Crippen molar-refractivity contribution in [3.63, 3.8) is 0 Å². The lowest BCUT2D eigenvalue weighted by atomic mass is 9.94. The summed E-state index contributed by atoms with van der Waals surface area (Å²) in [5.74, 6) is -0.773. The summed E-state index contributed by atoms with van der Waals surface area (Å²) in [7, 11) is 1.28. The summed E-state index contributed by atoms with van der Waals surface area (Å²) in [4.78, 5) is 27.8. The van der Waals surface area contributed by atoms with Gasteiger partial charge in [-0.2, -0.15) is 0 Å². The third-order valence-electron chi connectivity index (χ3n) is 3.35. The summed E-state index contributed by atoms with van der Waals surface area (Å²) in [6.07, 6.45) is 1.71. The number of rotatable bonds is 4. The molecule has 1 fully saturated rings. The van der Waals surface area contributed by atoms with Gasteiger partial charge < -0.3 is 14.8 Å². The first-order valence-electron chi connectivity index (χ1n) is 6.83. The van der Waals surface area contributed by atoms with Gasteiger partial charge in [0.25, 0.3) is 0 Å². The Morgan fingerprint density at radius 3 is 2.76 bits per heavy atom. The van der Waals surface area contributed by atoms with Gasteiger partial charge >= 0.3 is 5.97 Å². The van der Waals surface area contributed by atoms with Crippen LogP contribution in [0.1, 0.15) is 53.8 Å². The Labute approximate surface area is 127 Å². The Kier molecular flexibility index (Phi) is 4.63. The fraction of sp³-hybridized carbons (Fsp3) is 0.643. The fourth-order valence-corrected chi connectivity index (χ4v) is 3.31. The minimum Gasteiger partial charge on any atom is -0.464 e. The highest BCUT2D eigenvalue weighted by atomic mass is 32.1. The molecule has 1 aliphatic heterocycles. The van der Waals surface area contributed by atoms with E-state index in [0.717, 1.165) is 12.8 Å². The van der Waals surface area contributed by atoms with E-state index in [0.29, 0.717) is 16.6 Å². The molecule has 1 atom stereocenters. The van der Waals surface area contributed by atoms with E-state index in [-0.39, 0.29) is 23.1 Å². The van der Waals surface area contributed by atoms with Gasteiger partial charge in [0.2, 0.25) is 0 Å². The molecule has 0 saturated carbocycles. The maximum atomic E-state index is 11.7. The molecule has 7 heteroatoms. The van der Waals surface area contributed by atoms with E-state index in [1.807, 2.05) is 13.8 Å². The molecule has 116 valence electrons. The molecule has 21 heavy (non-hydrogen) atoms. The predicted octanol–water partition coefficient (Wildman–Crippen LogP) is 2.50. The second-order valence-electron chi connectivity index (χ2n) is 5.69. The highest BCUT2D eigenvalue weighted by Crippen LogP contribution is 2.29. The van der Waals surface area contributed by atoms with Crippen LogP contribution in [0, 0.1) is 0 Å². The van der Waals surface area contributed by atoms with E-state index in [9.17, 15) is 9.59 Å². The topological polar surface area (TPSA) is 77.5 Å². The fourth-order valence-electron chi connectivity index (χ4n) is 2.39. The summed E-state index contributed by atoms with van der Waals surface area (Å²) < 4.78 is 10.3. The van der Waals surface area contributed by atoms with Gasteiger partial charge in [-0.15, -0.1) is 0 Å². The van der Waals surface area contributed by atoms with Gasteiger partial charge in [-0.05, 0) is 26.7 Å². The zero-order valence-electron chi connectivity index (χ0n) is 12.7. The average Bonchev–Trinajstić information content (AvgIpc) is 2.80. The quantitative estimate of drug-likeness (QED) is 0.680. The predicted molar refractivity (Wildman–Crippen MR) is 80.1 cm³/mol. The molecule has 1 aromatic rings. The Bertz CT molecular complexity index is 553. The van der Waals surface area contributed by atoms with Crippen LogP contribution >= 0.6 is 11.3 Å². The second kappa shape index (κ2) is 6.11. The van der Waals surface area contributed by atoms with E-state index in [2.05, 4.69) is 15.0 Å². The first kappa shape index (κ1) is 15.9. The van der Waals surface area contributed by atoms with Crippen molar-refractivity contribution >= 4 is 28.2 Å². The van der Waals surface area contributed by atoms with Crippen LogP contribution in [-0.4, -0.2) is 42.1 Å². The number of carbonyl (C=O) groups excluding carboxylic acids is 2. The van der Waals surface area contributed by atoms with Crippen LogP contribution in [0.3, 0.4) is 0 Å². The molecule has 2 heterocycles. The van der Waals surface area contributed by atoms with Crippen molar-refractivity contribution in [2.45, 2.75) is 45.3 Å². The Morgan fingerprint density at radius 1 is 1.48 bits per heavy atom. The molecule has 0 aromatic carbocycles. The number of carbonyl (C=O) groups is 2. The highest BCUT2D eigenvalue weighted by Gasteiger charge is 2.30. The van der Waals surface area contributed by atoms with Crippen molar-refractivity contribution in [2.24, 2.45) is 0 Å². The number of ketones is 1. The van der Waals surface area contributed by atoms with Gasteiger partial charge in [-0.3, -0.25) is 4.79 Å². The number of aromatic nitrogens is 1. The molecule has 2 rings (SSSR count). The SMILES string of the molecule is COC(=O)c1nc(NC2CCOC(C)(C)C2)sc1C(C)=O. The van der Waals surface area contributed by atoms with Gasteiger partial charge in [0.05, 0.1) is 12.7 Å². The summed E-state index contributed by atoms with van der Waals surface area (Å²) in [6.45, 7) is 6.19. The van der Waals surface area contributed by atoms with Crippen molar-refractivity contribution in [3.05, 3.63) is 10.6 Å². The summed E-state index contributed by atoms with van der Waals surface area (Å²) >= 11 is 1.19. The van der Waals surface area contributed by atoms with Crippen molar-refractivity contribution in [2.75, 3.05) is 19.0 Å². The lowest BCUT2D eigenvalue weighted by molar-refractivity contribution is -0.0553. The molecule has 0 bridgehead atoms. The third kappa shape index (κ3) is 3.79. The van der Waals surface area contributed by atoms with Crippen LogP contribution in [0.2, 0.25) is 0 Å².